The Morgan fingerprint density at radius 2 is 2.10 bits per heavy atom. The van der Waals surface area contributed by atoms with Crippen LogP contribution in [0.5, 0.6) is 0 Å². The summed E-state index contributed by atoms with van der Waals surface area (Å²) in [6.07, 6.45) is 3.37. The lowest BCUT2D eigenvalue weighted by Gasteiger charge is -2.25. The predicted octanol–water partition coefficient (Wildman–Crippen LogP) is 3.48. The number of hydrogen-bond donors (Lipinski definition) is 0. The number of nitrogens with zero attached hydrogens (tertiary/aromatic N) is 3. The molecule has 0 unspecified atom stereocenters. The Kier molecular flexibility index (Phi) is 3.93. The van der Waals surface area contributed by atoms with E-state index in [-0.39, 0.29) is 11.3 Å². The van der Waals surface area contributed by atoms with E-state index in [1.807, 2.05) is 6.07 Å². The van der Waals surface area contributed by atoms with Gasteiger partial charge in [-0.15, -0.1) is 0 Å². The highest BCUT2D eigenvalue weighted by atomic mass is 16.6. The number of nitro groups is 1. The van der Waals surface area contributed by atoms with Crippen molar-refractivity contribution in [2.75, 3.05) is 18.0 Å². The third-order valence-corrected chi connectivity index (χ3v) is 4.00. The fourth-order valence-electron chi connectivity index (χ4n) is 2.65. The Balaban J connectivity index is 2.25. The van der Waals surface area contributed by atoms with Gasteiger partial charge in [-0.1, -0.05) is 13.8 Å². The van der Waals surface area contributed by atoms with Gasteiger partial charge < -0.3 is 4.90 Å². The van der Waals surface area contributed by atoms with Gasteiger partial charge in [0.05, 0.1) is 4.92 Å². The van der Waals surface area contributed by atoms with Crippen molar-refractivity contribution in [3.8, 4) is 6.07 Å². The van der Waals surface area contributed by atoms with Crippen LogP contribution in [-0.4, -0.2) is 18.0 Å². The first-order valence-electron chi connectivity index (χ1n) is 6.86. The topological polar surface area (TPSA) is 70.2 Å². The molecular formula is C15H19N3O2. The minimum Gasteiger partial charge on any atom is -0.371 e. The van der Waals surface area contributed by atoms with Crippen LogP contribution >= 0.6 is 0 Å². The molecule has 0 N–H and O–H groups in total. The van der Waals surface area contributed by atoms with Crippen molar-refractivity contribution in [3.63, 3.8) is 0 Å². The summed E-state index contributed by atoms with van der Waals surface area (Å²) >= 11 is 0. The molecule has 0 radical (unpaired) electrons. The van der Waals surface area contributed by atoms with Gasteiger partial charge in [0.2, 0.25) is 0 Å². The highest BCUT2D eigenvalue weighted by Gasteiger charge is 2.24. The predicted molar refractivity (Wildman–Crippen MR) is 77.7 cm³/mol. The molecule has 106 valence electrons. The molecule has 1 aromatic rings. The highest BCUT2D eigenvalue weighted by molar-refractivity contribution is 5.59. The molecule has 0 spiro atoms. The highest BCUT2D eigenvalue weighted by Crippen LogP contribution is 2.32. The molecule has 0 saturated carbocycles. The van der Waals surface area contributed by atoms with E-state index < -0.39 is 4.92 Å². The van der Waals surface area contributed by atoms with Gasteiger partial charge in [0.15, 0.2) is 0 Å². The Hall–Kier alpha value is -2.09. The van der Waals surface area contributed by atoms with Crippen LogP contribution in [0.3, 0.4) is 0 Å². The molecule has 5 nitrogen and oxygen atoms in total. The van der Waals surface area contributed by atoms with Gasteiger partial charge in [-0.3, -0.25) is 10.1 Å². The average Bonchev–Trinajstić information content (AvgIpc) is 2.59. The molecule has 1 aromatic carbocycles. The van der Waals surface area contributed by atoms with Crippen molar-refractivity contribution < 1.29 is 4.92 Å². The molecule has 0 aromatic heterocycles. The smallest absolute Gasteiger partial charge is 0.287 e. The summed E-state index contributed by atoms with van der Waals surface area (Å²) in [6, 6.07) is 6.74. The molecule has 1 fully saturated rings. The summed E-state index contributed by atoms with van der Waals surface area (Å²) < 4.78 is 0. The normalized spacial score (nSPS) is 18.1. The van der Waals surface area contributed by atoms with Crippen LogP contribution in [0.25, 0.3) is 0 Å². The van der Waals surface area contributed by atoms with Crippen LogP contribution < -0.4 is 4.90 Å². The maximum Gasteiger partial charge on any atom is 0.287 e. The summed E-state index contributed by atoms with van der Waals surface area (Å²) in [5.41, 5.74) is 1.26. The van der Waals surface area contributed by atoms with Crippen molar-refractivity contribution in [1.29, 1.82) is 5.26 Å². The second-order valence-electron chi connectivity index (χ2n) is 6.08. The Morgan fingerprint density at radius 3 is 2.75 bits per heavy atom. The Labute approximate surface area is 119 Å². The van der Waals surface area contributed by atoms with Crippen molar-refractivity contribution in [2.24, 2.45) is 5.41 Å². The Morgan fingerprint density at radius 1 is 1.35 bits per heavy atom. The standard InChI is InChI=1S/C15H19N3O2/c1-15(2)6-3-8-17(9-7-15)13-4-5-14(18(19)20)12(10-13)11-16/h4-5,10H,3,6-9H2,1-2H3. The zero-order valence-corrected chi connectivity index (χ0v) is 11.9. The number of anilines is 1. The number of rotatable bonds is 2. The van der Waals surface area contributed by atoms with Crippen molar-refractivity contribution in [3.05, 3.63) is 33.9 Å². The molecule has 2 rings (SSSR count). The van der Waals surface area contributed by atoms with E-state index in [0.717, 1.165) is 31.6 Å². The molecular weight excluding hydrogens is 254 g/mol. The lowest BCUT2D eigenvalue weighted by molar-refractivity contribution is -0.385. The van der Waals surface area contributed by atoms with Gasteiger partial charge in [-0.05, 0) is 36.8 Å². The SMILES string of the molecule is CC1(C)CCCN(c2ccc([N+](=O)[O-])c(C#N)c2)CC1. The van der Waals surface area contributed by atoms with Crippen molar-refractivity contribution in [2.45, 2.75) is 33.1 Å². The van der Waals surface area contributed by atoms with Crippen LogP contribution in [0.4, 0.5) is 11.4 Å². The zero-order valence-electron chi connectivity index (χ0n) is 11.9. The summed E-state index contributed by atoms with van der Waals surface area (Å²) in [4.78, 5) is 12.6. The van der Waals surface area contributed by atoms with E-state index in [4.69, 9.17) is 5.26 Å². The summed E-state index contributed by atoms with van der Waals surface area (Å²) in [5, 5.41) is 19.9. The second kappa shape index (κ2) is 5.49. The molecule has 20 heavy (non-hydrogen) atoms. The fraction of sp³-hybridized carbons (Fsp3) is 0.533. The lowest BCUT2D eigenvalue weighted by Crippen LogP contribution is -2.25. The summed E-state index contributed by atoms with van der Waals surface area (Å²) in [6.45, 7) is 6.40. The average molecular weight is 273 g/mol. The molecule has 1 saturated heterocycles. The van der Waals surface area contributed by atoms with Crippen LogP contribution in [0.2, 0.25) is 0 Å². The fourth-order valence-corrected chi connectivity index (χ4v) is 2.65. The van der Waals surface area contributed by atoms with Crippen LogP contribution in [0.1, 0.15) is 38.7 Å². The first-order chi connectivity index (χ1) is 9.43. The minimum atomic E-state index is -0.506. The molecule has 5 heteroatoms. The first-order valence-corrected chi connectivity index (χ1v) is 6.86. The maximum atomic E-state index is 10.8. The van der Waals surface area contributed by atoms with E-state index in [1.54, 1.807) is 12.1 Å². The van der Waals surface area contributed by atoms with E-state index in [0.29, 0.717) is 5.41 Å². The van der Waals surface area contributed by atoms with E-state index in [9.17, 15) is 10.1 Å². The van der Waals surface area contributed by atoms with Gasteiger partial charge in [0.1, 0.15) is 11.6 Å². The third kappa shape index (κ3) is 3.08. The third-order valence-electron chi connectivity index (χ3n) is 4.00. The van der Waals surface area contributed by atoms with Crippen LogP contribution in [0, 0.1) is 26.9 Å². The number of nitriles is 1. The largest absolute Gasteiger partial charge is 0.371 e. The quantitative estimate of drug-likeness (QED) is 0.611. The Bertz CT molecular complexity index is 561. The van der Waals surface area contributed by atoms with E-state index in [1.165, 1.54) is 12.5 Å². The molecule has 1 heterocycles. The van der Waals surface area contributed by atoms with Crippen LogP contribution in [0.15, 0.2) is 18.2 Å². The van der Waals surface area contributed by atoms with E-state index >= 15 is 0 Å². The zero-order chi connectivity index (χ0) is 14.8. The number of benzene rings is 1. The molecule has 1 aliphatic rings. The van der Waals surface area contributed by atoms with Gasteiger partial charge in [0, 0.05) is 24.8 Å². The number of nitro benzene ring substituents is 1. The van der Waals surface area contributed by atoms with Gasteiger partial charge in [0.25, 0.3) is 5.69 Å². The molecule has 0 atom stereocenters. The minimum absolute atomic E-state index is 0.119. The second-order valence-corrected chi connectivity index (χ2v) is 6.08. The molecule has 0 aliphatic carbocycles. The van der Waals surface area contributed by atoms with Crippen molar-refractivity contribution >= 4 is 11.4 Å². The van der Waals surface area contributed by atoms with Gasteiger partial charge >= 0.3 is 0 Å². The molecule has 1 aliphatic heterocycles. The lowest BCUT2D eigenvalue weighted by atomic mass is 9.85. The van der Waals surface area contributed by atoms with Crippen molar-refractivity contribution in [1.82, 2.24) is 0 Å². The first kappa shape index (κ1) is 14.3. The molecule has 0 amide bonds. The number of hydrogen-bond acceptors (Lipinski definition) is 4. The van der Waals surface area contributed by atoms with Gasteiger partial charge in [-0.2, -0.15) is 5.26 Å². The summed E-state index contributed by atoms with van der Waals surface area (Å²) in [7, 11) is 0. The van der Waals surface area contributed by atoms with Gasteiger partial charge in [-0.25, -0.2) is 0 Å². The maximum absolute atomic E-state index is 10.8. The van der Waals surface area contributed by atoms with E-state index in [2.05, 4.69) is 18.7 Å². The monoisotopic (exact) mass is 273 g/mol. The van der Waals surface area contributed by atoms with Crippen LogP contribution in [-0.2, 0) is 0 Å². The summed E-state index contributed by atoms with van der Waals surface area (Å²) in [5.74, 6) is 0. The molecule has 0 bridgehead atoms.